The average molecular weight is 333 g/mol. The number of nitrogens with zero attached hydrogens (tertiary/aromatic N) is 2. The Morgan fingerprint density at radius 1 is 1.56 bits per heavy atom. The molecule has 3 nitrogen and oxygen atoms in total. The molecule has 1 N–H and O–H groups in total. The monoisotopic (exact) mass is 331 g/mol. The lowest BCUT2D eigenvalue weighted by molar-refractivity contribution is 0.399. The van der Waals surface area contributed by atoms with Crippen LogP contribution in [0.5, 0.6) is 0 Å². The summed E-state index contributed by atoms with van der Waals surface area (Å²) in [4.78, 5) is 6.68. The van der Waals surface area contributed by atoms with Gasteiger partial charge >= 0.3 is 0 Å². The molecule has 2 heterocycles. The second kappa shape index (κ2) is 6.73. The minimum absolute atomic E-state index is 0.556. The number of likely N-dealkylation sites (N-methyl/N-ethyl adjacent to an activating group) is 1. The molecule has 100 valence electrons. The molecular formula is C13H19BrClN3. The van der Waals surface area contributed by atoms with Crippen molar-refractivity contribution in [1.82, 2.24) is 10.3 Å². The van der Waals surface area contributed by atoms with Crippen LogP contribution in [0.1, 0.15) is 26.2 Å². The third-order valence-electron chi connectivity index (χ3n) is 3.32. The molecule has 1 aliphatic heterocycles. The van der Waals surface area contributed by atoms with E-state index in [4.69, 9.17) is 11.6 Å². The molecule has 0 aromatic carbocycles. The summed E-state index contributed by atoms with van der Waals surface area (Å²) in [7, 11) is 0. The van der Waals surface area contributed by atoms with E-state index in [1.807, 2.05) is 6.07 Å². The normalized spacial score (nSPS) is 19.8. The first-order valence-electron chi connectivity index (χ1n) is 6.50. The molecule has 5 heteroatoms. The summed E-state index contributed by atoms with van der Waals surface area (Å²) >= 11 is 9.65. The van der Waals surface area contributed by atoms with Gasteiger partial charge in [-0.1, -0.05) is 18.0 Å². The number of aromatic nitrogens is 1. The Morgan fingerprint density at radius 3 is 3.00 bits per heavy atom. The predicted octanol–water partition coefficient (Wildman–Crippen LogP) is 3.47. The van der Waals surface area contributed by atoms with Crippen molar-refractivity contribution >= 4 is 33.3 Å². The van der Waals surface area contributed by atoms with Crippen molar-refractivity contribution in [3.63, 3.8) is 0 Å². The van der Waals surface area contributed by atoms with Crippen LogP contribution in [0.4, 0.5) is 5.82 Å². The van der Waals surface area contributed by atoms with E-state index in [-0.39, 0.29) is 0 Å². The van der Waals surface area contributed by atoms with Gasteiger partial charge in [-0.05, 0) is 48.3 Å². The lowest BCUT2D eigenvalue weighted by Crippen LogP contribution is -2.44. The maximum absolute atomic E-state index is 6.27. The van der Waals surface area contributed by atoms with Gasteiger partial charge in [0.05, 0.1) is 5.02 Å². The minimum atomic E-state index is 0.556. The number of piperidine rings is 1. The van der Waals surface area contributed by atoms with Gasteiger partial charge in [-0.25, -0.2) is 4.98 Å². The van der Waals surface area contributed by atoms with E-state index in [0.717, 1.165) is 29.9 Å². The summed E-state index contributed by atoms with van der Waals surface area (Å²) in [6, 6.07) is 2.46. The van der Waals surface area contributed by atoms with Crippen molar-refractivity contribution in [1.29, 1.82) is 0 Å². The molecule has 1 aromatic rings. The van der Waals surface area contributed by atoms with Gasteiger partial charge in [-0.15, -0.1) is 0 Å². The zero-order chi connectivity index (χ0) is 13.0. The van der Waals surface area contributed by atoms with E-state index in [9.17, 15) is 0 Å². The minimum Gasteiger partial charge on any atom is -0.354 e. The molecule has 0 bridgehead atoms. The number of anilines is 1. The highest BCUT2D eigenvalue weighted by molar-refractivity contribution is 9.10. The third-order valence-corrected chi connectivity index (χ3v) is 4.03. The Bertz CT molecular complexity index is 394. The fourth-order valence-electron chi connectivity index (χ4n) is 2.35. The van der Waals surface area contributed by atoms with E-state index >= 15 is 0 Å². The van der Waals surface area contributed by atoms with Crippen LogP contribution in [-0.2, 0) is 0 Å². The second-order valence-corrected chi connectivity index (χ2v) is 5.97. The lowest BCUT2D eigenvalue weighted by Gasteiger charge is -2.31. The van der Waals surface area contributed by atoms with E-state index in [1.54, 1.807) is 6.20 Å². The molecule has 0 saturated carbocycles. The Hall–Kier alpha value is -0.320. The first-order valence-corrected chi connectivity index (χ1v) is 7.67. The van der Waals surface area contributed by atoms with Crippen LogP contribution in [0, 0.1) is 0 Å². The molecule has 1 unspecified atom stereocenters. The van der Waals surface area contributed by atoms with Crippen LogP contribution in [0.15, 0.2) is 16.7 Å². The standard InChI is InChI=1S/C13H19BrClN3/c1-2-18(9-11-5-3-4-6-16-11)13-12(15)7-10(14)8-17-13/h7-8,11,16H,2-6,9H2,1H3. The molecule has 0 spiro atoms. The van der Waals surface area contributed by atoms with Gasteiger partial charge in [0.2, 0.25) is 0 Å². The SMILES string of the molecule is CCN(CC1CCCCN1)c1ncc(Br)cc1Cl. The van der Waals surface area contributed by atoms with E-state index in [1.165, 1.54) is 19.3 Å². The van der Waals surface area contributed by atoms with Gasteiger partial charge in [-0.3, -0.25) is 0 Å². The summed E-state index contributed by atoms with van der Waals surface area (Å²) < 4.78 is 0.920. The summed E-state index contributed by atoms with van der Waals surface area (Å²) in [6.45, 7) is 5.17. The smallest absolute Gasteiger partial charge is 0.147 e. The Morgan fingerprint density at radius 2 is 2.39 bits per heavy atom. The molecule has 1 aromatic heterocycles. The van der Waals surface area contributed by atoms with Crippen molar-refractivity contribution < 1.29 is 0 Å². The number of hydrogen-bond donors (Lipinski definition) is 1. The zero-order valence-electron chi connectivity index (χ0n) is 10.6. The number of nitrogens with one attached hydrogen (secondary N) is 1. The van der Waals surface area contributed by atoms with Crippen molar-refractivity contribution in [3.8, 4) is 0 Å². The summed E-state index contributed by atoms with van der Waals surface area (Å²) in [5.41, 5.74) is 0. The highest BCUT2D eigenvalue weighted by Crippen LogP contribution is 2.26. The van der Waals surface area contributed by atoms with Crippen LogP contribution >= 0.6 is 27.5 Å². The van der Waals surface area contributed by atoms with Crippen LogP contribution < -0.4 is 10.2 Å². The zero-order valence-corrected chi connectivity index (χ0v) is 13.0. The molecule has 0 radical (unpaired) electrons. The summed E-state index contributed by atoms with van der Waals surface area (Å²) in [5.74, 6) is 0.884. The number of hydrogen-bond acceptors (Lipinski definition) is 3. The molecule has 1 saturated heterocycles. The fraction of sp³-hybridized carbons (Fsp3) is 0.615. The van der Waals surface area contributed by atoms with Gasteiger partial charge in [0.25, 0.3) is 0 Å². The topological polar surface area (TPSA) is 28.2 Å². The Kier molecular flexibility index (Phi) is 5.27. The average Bonchev–Trinajstić information content (AvgIpc) is 2.38. The molecule has 1 atom stereocenters. The van der Waals surface area contributed by atoms with Crippen LogP contribution in [0.25, 0.3) is 0 Å². The van der Waals surface area contributed by atoms with Gasteiger partial charge in [-0.2, -0.15) is 0 Å². The number of rotatable bonds is 4. The highest BCUT2D eigenvalue weighted by Gasteiger charge is 2.18. The first-order chi connectivity index (χ1) is 8.70. The highest BCUT2D eigenvalue weighted by atomic mass is 79.9. The van der Waals surface area contributed by atoms with Crippen molar-refractivity contribution in [3.05, 3.63) is 21.8 Å². The first kappa shape index (κ1) is 14.1. The Balaban J connectivity index is 2.07. The van der Waals surface area contributed by atoms with Gasteiger partial charge < -0.3 is 10.2 Å². The molecule has 1 fully saturated rings. The van der Waals surface area contributed by atoms with Gasteiger partial charge in [0, 0.05) is 29.8 Å². The second-order valence-electron chi connectivity index (χ2n) is 4.64. The Labute approximate surface area is 122 Å². The van der Waals surface area contributed by atoms with Crippen molar-refractivity contribution in [2.75, 3.05) is 24.5 Å². The third kappa shape index (κ3) is 3.59. The van der Waals surface area contributed by atoms with Crippen molar-refractivity contribution in [2.24, 2.45) is 0 Å². The largest absolute Gasteiger partial charge is 0.354 e. The maximum Gasteiger partial charge on any atom is 0.147 e. The molecule has 1 aliphatic rings. The molecular weight excluding hydrogens is 314 g/mol. The lowest BCUT2D eigenvalue weighted by atomic mass is 10.0. The molecule has 18 heavy (non-hydrogen) atoms. The van der Waals surface area contributed by atoms with Crippen LogP contribution in [0.2, 0.25) is 5.02 Å². The number of halogens is 2. The number of pyridine rings is 1. The maximum atomic E-state index is 6.27. The van der Waals surface area contributed by atoms with Crippen molar-refractivity contribution in [2.45, 2.75) is 32.2 Å². The molecule has 0 aliphatic carbocycles. The molecule has 2 rings (SSSR count). The van der Waals surface area contributed by atoms with Gasteiger partial charge in [0.15, 0.2) is 0 Å². The van der Waals surface area contributed by atoms with Crippen LogP contribution in [0.3, 0.4) is 0 Å². The fourth-order valence-corrected chi connectivity index (χ4v) is 3.10. The van der Waals surface area contributed by atoms with E-state index in [2.05, 4.69) is 38.1 Å². The van der Waals surface area contributed by atoms with Crippen LogP contribution in [-0.4, -0.2) is 30.7 Å². The molecule has 0 amide bonds. The summed E-state index contributed by atoms with van der Waals surface area (Å²) in [5, 5.41) is 4.27. The van der Waals surface area contributed by atoms with Gasteiger partial charge in [0.1, 0.15) is 5.82 Å². The predicted molar refractivity (Wildman–Crippen MR) is 80.5 cm³/mol. The van der Waals surface area contributed by atoms with E-state index in [0.29, 0.717) is 11.1 Å². The summed E-state index contributed by atoms with van der Waals surface area (Å²) in [6.07, 6.45) is 5.65. The van der Waals surface area contributed by atoms with E-state index < -0.39 is 0 Å². The quantitative estimate of drug-likeness (QED) is 0.915.